The van der Waals surface area contributed by atoms with Crippen LogP contribution in [0.3, 0.4) is 0 Å². The van der Waals surface area contributed by atoms with Crippen LogP contribution in [0.1, 0.15) is 46.0 Å². The van der Waals surface area contributed by atoms with Crippen molar-refractivity contribution in [2.75, 3.05) is 27.7 Å². The average Bonchev–Trinajstić information content (AvgIpc) is 2.36. The maximum absolute atomic E-state index is 5.47. The SMILES string of the molecule is CNC1CCC(N(C)CCC(C)(C)OC)CC1. The van der Waals surface area contributed by atoms with Gasteiger partial charge in [0.1, 0.15) is 0 Å². The third-order valence-electron chi connectivity index (χ3n) is 4.35. The molecule has 1 saturated carbocycles. The Morgan fingerprint density at radius 1 is 1.24 bits per heavy atom. The fraction of sp³-hybridized carbons (Fsp3) is 1.00. The van der Waals surface area contributed by atoms with E-state index in [9.17, 15) is 0 Å². The van der Waals surface area contributed by atoms with Gasteiger partial charge in [-0.2, -0.15) is 0 Å². The van der Waals surface area contributed by atoms with E-state index in [0.717, 1.165) is 25.0 Å². The quantitative estimate of drug-likeness (QED) is 0.773. The van der Waals surface area contributed by atoms with Crippen LogP contribution in [0.25, 0.3) is 0 Å². The lowest BCUT2D eigenvalue weighted by atomic mass is 9.90. The monoisotopic (exact) mass is 242 g/mol. The molecule has 0 heterocycles. The van der Waals surface area contributed by atoms with E-state index in [1.165, 1.54) is 25.7 Å². The Balaban J connectivity index is 2.27. The summed E-state index contributed by atoms with van der Waals surface area (Å²) in [4.78, 5) is 2.52. The highest BCUT2D eigenvalue weighted by molar-refractivity contribution is 4.82. The summed E-state index contributed by atoms with van der Waals surface area (Å²) in [5.41, 5.74) is 0.0104. The van der Waals surface area contributed by atoms with E-state index in [0.29, 0.717) is 0 Å². The van der Waals surface area contributed by atoms with Crippen molar-refractivity contribution in [3.05, 3.63) is 0 Å². The third-order valence-corrected chi connectivity index (χ3v) is 4.35. The first-order valence-electron chi connectivity index (χ1n) is 6.91. The van der Waals surface area contributed by atoms with Crippen LogP contribution in [0.4, 0.5) is 0 Å². The molecular weight excluding hydrogens is 212 g/mol. The molecule has 0 saturated heterocycles. The zero-order valence-corrected chi connectivity index (χ0v) is 12.3. The normalized spacial score (nSPS) is 26.5. The Morgan fingerprint density at radius 2 is 1.82 bits per heavy atom. The molecule has 1 aliphatic rings. The van der Waals surface area contributed by atoms with E-state index >= 15 is 0 Å². The predicted molar refractivity (Wildman–Crippen MR) is 73.4 cm³/mol. The Morgan fingerprint density at radius 3 is 2.29 bits per heavy atom. The van der Waals surface area contributed by atoms with Gasteiger partial charge in [-0.3, -0.25) is 0 Å². The molecule has 17 heavy (non-hydrogen) atoms. The molecule has 0 spiro atoms. The summed E-state index contributed by atoms with van der Waals surface area (Å²) in [6.07, 6.45) is 6.40. The summed E-state index contributed by atoms with van der Waals surface area (Å²) >= 11 is 0. The van der Waals surface area contributed by atoms with Gasteiger partial charge in [-0.25, -0.2) is 0 Å². The standard InChI is InChI=1S/C14H30N2O/c1-14(2,17-5)10-11-16(4)13-8-6-12(15-3)7-9-13/h12-13,15H,6-11H2,1-5H3. The number of ether oxygens (including phenoxy) is 1. The first-order valence-corrected chi connectivity index (χ1v) is 6.91. The Hall–Kier alpha value is -0.120. The second-order valence-corrected chi connectivity index (χ2v) is 5.99. The Bertz CT molecular complexity index is 210. The third kappa shape index (κ3) is 4.94. The molecule has 0 bridgehead atoms. The Labute approximate surface area is 107 Å². The summed E-state index contributed by atoms with van der Waals surface area (Å²) in [5.74, 6) is 0. The molecule has 0 aromatic carbocycles. The van der Waals surface area contributed by atoms with Crippen LogP contribution in [0.2, 0.25) is 0 Å². The van der Waals surface area contributed by atoms with Crippen molar-refractivity contribution in [3.8, 4) is 0 Å². The highest BCUT2D eigenvalue weighted by atomic mass is 16.5. The lowest BCUT2D eigenvalue weighted by Gasteiger charge is -2.36. The molecular formula is C14H30N2O. The van der Waals surface area contributed by atoms with Gasteiger partial charge in [-0.1, -0.05) is 0 Å². The number of hydrogen-bond acceptors (Lipinski definition) is 3. The van der Waals surface area contributed by atoms with E-state index in [2.05, 4.69) is 38.2 Å². The molecule has 0 unspecified atom stereocenters. The van der Waals surface area contributed by atoms with E-state index in [4.69, 9.17) is 4.74 Å². The molecule has 0 atom stereocenters. The van der Waals surface area contributed by atoms with Gasteiger partial charge in [0.25, 0.3) is 0 Å². The van der Waals surface area contributed by atoms with Gasteiger partial charge in [0.05, 0.1) is 5.60 Å². The molecule has 0 aromatic rings. The molecule has 102 valence electrons. The first kappa shape index (κ1) is 14.9. The number of methoxy groups -OCH3 is 1. The highest BCUT2D eigenvalue weighted by Crippen LogP contribution is 2.23. The van der Waals surface area contributed by atoms with Crippen LogP contribution in [-0.4, -0.2) is 50.3 Å². The van der Waals surface area contributed by atoms with Gasteiger partial charge in [0.15, 0.2) is 0 Å². The van der Waals surface area contributed by atoms with Gasteiger partial charge in [-0.15, -0.1) is 0 Å². The second kappa shape index (κ2) is 6.72. The molecule has 0 aliphatic heterocycles. The van der Waals surface area contributed by atoms with Crippen LogP contribution < -0.4 is 5.32 Å². The summed E-state index contributed by atoms with van der Waals surface area (Å²) < 4.78 is 5.47. The average molecular weight is 242 g/mol. The van der Waals surface area contributed by atoms with Crippen molar-refractivity contribution in [2.24, 2.45) is 0 Å². The van der Waals surface area contributed by atoms with Crippen LogP contribution in [0.5, 0.6) is 0 Å². The molecule has 0 aromatic heterocycles. The number of hydrogen-bond donors (Lipinski definition) is 1. The predicted octanol–water partition coefficient (Wildman–Crippen LogP) is 2.26. The molecule has 0 radical (unpaired) electrons. The van der Waals surface area contributed by atoms with Gasteiger partial charge in [0.2, 0.25) is 0 Å². The number of nitrogens with zero attached hydrogens (tertiary/aromatic N) is 1. The maximum Gasteiger partial charge on any atom is 0.0634 e. The summed E-state index contributed by atoms with van der Waals surface area (Å²) in [7, 11) is 6.14. The van der Waals surface area contributed by atoms with Gasteiger partial charge < -0.3 is 15.0 Å². The molecule has 1 rings (SSSR count). The highest BCUT2D eigenvalue weighted by Gasteiger charge is 2.24. The van der Waals surface area contributed by atoms with Crippen LogP contribution in [0, 0.1) is 0 Å². The number of rotatable bonds is 6. The fourth-order valence-corrected chi connectivity index (χ4v) is 2.54. The van der Waals surface area contributed by atoms with Crippen molar-refractivity contribution in [1.29, 1.82) is 0 Å². The van der Waals surface area contributed by atoms with Crippen molar-refractivity contribution in [1.82, 2.24) is 10.2 Å². The lowest BCUT2D eigenvalue weighted by molar-refractivity contribution is 0.00475. The minimum Gasteiger partial charge on any atom is -0.379 e. The molecule has 1 N–H and O–H groups in total. The molecule has 3 nitrogen and oxygen atoms in total. The molecule has 1 fully saturated rings. The Kier molecular flexibility index (Phi) is 5.90. The molecule has 1 aliphatic carbocycles. The van der Waals surface area contributed by atoms with Crippen molar-refractivity contribution >= 4 is 0 Å². The zero-order valence-electron chi connectivity index (χ0n) is 12.3. The topological polar surface area (TPSA) is 24.5 Å². The summed E-state index contributed by atoms with van der Waals surface area (Å²) in [5, 5.41) is 3.39. The lowest BCUT2D eigenvalue weighted by Crippen LogP contribution is -2.41. The largest absolute Gasteiger partial charge is 0.379 e. The van der Waals surface area contributed by atoms with Crippen LogP contribution in [-0.2, 0) is 4.74 Å². The van der Waals surface area contributed by atoms with E-state index < -0.39 is 0 Å². The second-order valence-electron chi connectivity index (χ2n) is 5.99. The molecule has 3 heteroatoms. The fourth-order valence-electron chi connectivity index (χ4n) is 2.54. The van der Waals surface area contributed by atoms with Crippen molar-refractivity contribution < 1.29 is 4.74 Å². The van der Waals surface area contributed by atoms with Crippen molar-refractivity contribution in [2.45, 2.75) is 63.6 Å². The van der Waals surface area contributed by atoms with Crippen LogP contribution >= 0.6 is 0 Å². The number of nitrogens with one attached hydrogen (secondary N) is 1. The first-order chi connectivity index (χ1) is 7.98. The van der Waals surface area contributed by atoms with Gasteiger partial charge in [0, 0.05) is 25.7 Å². The van der Waals surface area contributed by atoms with Crippen LogP contribution in [0.15, 0.2) is 0 Å². The summed E-state index contributed by atoms with van der Waals surface area (Å²) in [6, 6.07) is 1.52. The maximum atomic E-state index is 5.47. The zero-order chi connectivity index (χ0) is 12.9. The minimum absolute atomic E-state index is 0.0104. The van der Waals surface area contributed by atoms with E-state index in [1.807, 2.05) is 0 Å². The molecule has 0 amide bonds. The smallest absolute Gasteiger partial charge is 0.0634 e. The van der Waals surface area contributed by atoms with Crippen molar-refractivity contribution in [3.63, 3.8) is 0 Å². The summed E-state index contributed by atoms with van der Waals surface area (Å²) in [6.45, 7) is 5.47. The van der Waals surface area contributed by atoms with E-state index in [-0.39, 0.29) is 5.60 Å². The minimum atomic E-state index is 0.0104. The van der Waals surface area contributed by atoms with Gasteiger partial charge in [-0.05, 0) is 60.0 Å². The van der Waals surface area contributed by atoms with E-state index in [1.54, 1.807) is 7.11 Å². The van der Waals surface area contributed by atoms with Gasteiger partial charge >= 0.3 is 0 Å².